The molecular formula is C19H16Cl2N2O4S. The Morgan fingerprint density at radius 3 is 2.86 bits per heavy atom. The number of aromatic nitrogens is 1. The van der Waals surface area contributed by atoms with Crippen LogP contribution < -0.4 is 14.3 Å². The van der Waals surface area contributed by atoms with E-state index in [1.165, 1.54) is 11.3 Å². The fourth-order valence-corrected chi connectivity index (χ4v) is 4.43. The van der Waals surface area contributed by atoms with Crippen molar-refractivity contribution in [2.45, 2.75) is 12.6 Å². The Labute approximate surface area is 174 Å². The van der Waals surface area contributed by atoms with Gasteiger partial charge in [0.05, 0.1) is 26.9 Å². The highest BCUT2D eigenvalue weighted by Gasteiger charge is 2.27. The maximum Gasteiger partial charge on any atom is 0.292 e. The monoisotopic (exact) mass is 438 g/mol. The maximum atomic E-state index is 12.8. The SMILES string of the molecule is COCCn1c(=NC(=O)C2COc3ccccc3O2)sc2ccc(Cl)c(Cl)c21. The summed E-state index contributed by atoms with van der Waals surface area (Å²) in [5.74, 6) is 0.722. The summed E-state index contributed by atoms with van der Waals surface area (Å²) >= 11 is 13.9. The van der Waals surface area contributed by atoms with E-state index >= 15 is 0 Å². The molecule has 0 fully saturated rings. The lowest BCUT2D eigenvalue weighted by molar-refractivity contribution is -0.127. The normalized spacial score (nSPS) is 16.5. The summed E-state index contributed by atoms with van der Waals surface area (Å²) in [6.07, 6.45) is -0.810. The molecule has 0 aliphatic carbocycles. The second-order valence-corrected chi connectivity index (χ2v) is 7.85. The molecule has 1 aliphatic rings. The zero-order valence-corrected chi connectivity index (χ0v) is 17.2. The van der Waals surface area contributed by atoms with E-state index in [0.29, 0.717) is 39.5 Å². The van der Waals surface area contributed by atoms with E-state index in [1.54, 1.807) is 25.3 Å². The number of nitrogens with zero attached hydrogens (tertiary/aromatic N) is 2. The Hall–Kier alpha value is -2.06. The lowest BCUT2D eigenvalue weighted by Crippen LogP contribution is -2.37. The van der Waals surface area contributed by atoms with Gasteiger partial charge in [-0.25, -0.2) is 0 Å². The minimum Gasteiger partial charge on any atom is -0.485 e. The predicted octanol–water partition coefficient (Wildman–Crippen LogP) is 3.92. The molecule has 1 amide bonds. The maximum absolute atomic E-state index is 12.8. The number of para-hydroxylation sites is 2. The molecule has 1 aromatic heterocycles. The number of ether oxygens (including phenoxy) is 3. The Morgan fingerprint density at radius 1 is 1.29 bits per heavy atom. The first-order valence-corrected chi connectivity index (χ1v) is 10.1. The second kappa shape index (κ2) is 8.13. The van der Waals surface area contributed by atoms with Crippen LogP contribution in [0.15, 0.2) is 41.4 Å². The van der Waals surface area contributed by atoms with Crippen molar-refractivity contribution in [3.8, 4) is 11.5 Å². The molecule has 0 saturated heterocycles. The molecule has 1 unspecified atom stereocenters. The van der Waals surface area contributed by atoms with Crippen LogP contribution in [0.2, 0.25) is 10.0 Å². The first-order valence-electron chi connectivity index (χ1n) is 8.52. The third-order valence-corrected chi connectivity index (χ3v) is 6.08. The summed E-state index contributed by atoms with van der Waals surface area (Å²) in [4.78, 5) is 17.6. The molecular weight excluding hydrogens is 423 g/mol. The number of amides is 1. The molecule has 9 heteroatoms. The van der Waals surface area contributed by atoms with E-state index in [2.05, 4.69) is 4.99 Å². The van der Waals surface area contributed by atoms with Gasteiger partial charge in [0.1, 0.15) is 6.61 Å². The summed E-state index contributed by atoms with van der Waals surface area (Å²) in [6, 6.07) is 10.8. The molecule has 28 heavy (non-hydrogen) atoms. The first kappa shape index (κ1) is 19.3. The molecule has 0 N–H and O–H groups in total. The Kier molecular flexibility index (Phi) is 5.59. The van der Waals surface area contributed by atoms with Gasteiger partial charge in [0.2, 0.25) is 6.10 Å². The van der Waals surface area contributed by atoms with Crippen LogP contribution in [0.1, 0.15) is 0 Å². The van der Waals surface area contributed by atoms with Gasteiger partial charge >= 0.3 is 0 Å². The highest BCUT2D eigenvalue weighted by atomic mass is 35.5. The summed E-state index contributed by atoms with van der Waals surface area (Å²) in [6.45, 7) is 1.02. The topological polar surface area (TPSA) is 62.1 Å². The van der Waals surface area contributed by atoms with Crippen LogP contribution in [0, 0.1) is 0 Å². The van der Waals surface area contributed by atoms with Crippen LogP contribution in [0.4, 0.5) is 0 Å². The number of carbonyl (C=O) groups excluding carboxylic acids is 1. The number of benzene rings is 2. The van der Waals surface area contributed by atoms with Crippen molar-refractivity contribution in [1.29, 1.82) is 0 Å². The minimum atomic E-state index is -0.810. The predicted molar refractivity (Wildman–Crippen MR) is 109 cm³/mol. The van der Waals surface area contributed by atoms with Crippen molar-refractivity contribution in [3.05, 3.63) is 51.2 Å². The first-order chi connectivity index (χ1) is 13.6. The van der Waals surface area contributed by atoms with Crippen LogP contribution in [0.25, 0.3) is 10.2 Å². The van der Waals surface area contributed by atoms with Gasteiger partial charge in [-0.1, -0.05) is 46.7 Å². The summed E-state index contributed by atoms with van der Waals surface area (Å²) in [5.41, 5.74) is 0.730. The van der Waals surface area contributed by atoms with Gasteiger partial charge in [-0.15, -0.1) is 0 Å². The highest BCUT2D eigenvalue weighted by molar-refractivity contribution is 7.16. The number of hydrogen-bond acceptors (Lipinski definition) is 5. The highest BCUT2D eigenvalue weighted by Crippen LogP contribution is 2.33. The average molecular weight is 439 g/mol. The minimum absolute atomic E-state index is 0.106. The van der Waals surface area contributed by atoms with Crippen molar-refractivity contribution in [3.63, 3.8) is 0 Å². The smallest absolute Gasteiger partial charge is 0.292 e. The van der Waals surface area contributed by atoms with Crippen LogP contribution in [-0.4, -0.2) is 36.9 Å². The summed E-state index contributed by atoms with van der Waals surface area (Å²) in [5, 5.41) is 0.864. The number of methoxy groups -OCH3 is 1. The van der Waals surface area contributed by atoms with Crippen molar-refractivity contribution < 1.29 is 19.0 Å². The number of rotatable bonds is 4. The van der Waals surface area contributed by atoms with Gasteiger partial charge in [0.25, 0.3) is 5.91 Å². The molecule has 0 saturated carbocycles. The van der Waals surface area contributed by atoms with Gasteiger partial charge < -0.3 is 18.8 Å². The van der Waals surface area contributed by atoms with E-state index in [4.69, 9.17) is 37.4 Å². The van der Waals surface area contributed by atoms with Gasteiger partial charge in [-0.05, 0) is 24.3 Å². The molecule has 2 aromatic carbocycles. The van der Waals surface area contributed by atoms with E-state index in [1.807, 2.05) is 22.8 Å². The molecule has 0 radical (unpaired) electrons. The number of thiazole rings is 1. The zero-order chi connectivity index (χ0) is 19.7. The fourth-order valence-electron chi connectivity index (χ4n) is 2.89. The lowest BCUT2D eigenvalue weighted by atomic mass is 10.2. The van der Waals surface area contributed by atoms with E-state index < -0.39 is 12.0 Å². The number of hydrogen-bond donors (Lipinski definition) is 0. The number of halogens is 2. The number of fused-ring (bicyclic) bond motifs is 2. The van der Waals surface area contributed by atoms with Crippen molar-refractivity contribution in [2.24, 2.45) is 4.99 Å². The van der Waals surface area contributed by atoms with Crippen LogP contribution in [0.3, 0.4) is 0 Å². The van der Waals surface area contributed by atoms with Crippen LogP contribution in [0.5, 0.6) is 11.5 Å². The second-order valence-electron chi connectivity index (χ2n) is 6.05. The lowest BCUT2D eigenvalue weighted by Gasteiger charge is -2.23. The molecule has 4 rings (SSSR count). The van der Waals surface area contributed by atoms with Gasteiger partial charge in [-0.3, -0.25) is 4.79 Å². The van der Waals surface area contributed by atoms with E-state index in [9.17, 15) is 4.79 Å². The molecule has 3 aromatic rings. The van der Waals surface area contributed by atoms with Crippen LogP contribution in [-0.2, 0) is 16.1 Å². The van der Waals surface area contributed by atoms with Gasteiger partial charge in [0, 0.05) is 13.7 Å². The van der Waals surface area contributed by atoms with Crippen molar-refractivity contribution in [1.82, 2.24) is 4.57 Å². The van der Waals surface area contributed by atoms with E-state index in [-0.39, 0.29) is 6.61 Å². The Morgan fingerprint density at radius 2 is 2.07 bits per heavy atom. The zero-order valence-electron chi connectivity index (χ0n) is 14.9. The molecule has 0 bridgehead atoms. The molecule has 1 atom stereocenters. The van der Waals surface area contributed by atoms with Crippen LogP contribution >= 0.6 is 34.5 Å². The third-order valence-electron chi connectivity index (χ3n) is 4.24. The molecule has 1 aliphatic heterocycles. The Balaban J connectivity index is 1.72. The standard InChI is InChI=1S/C19H16Cl2N2O4S/c1-25-9-8-23-17-15(7-6-11(20)16(17)21)28-19(23)22-18(24)14-10-26-12-4-2-3-5-13(12)27-14/h2-7,14H,8-10H2,1H3. The quantitative estimate of drug-likeness (QED) is 0.618. The van der Waals surface area contributed by atoms with Gasteiger partial charge in [-0.2, -0.15) is 4.99 Å². The fraction of sp³-hybridized carbons (Fsp3) is 0.263. The molecule has 6 nitrogen and oxygen atoms in total. The molecule has 0 spiro atoms. The molecule has 2 heterocycles. The van der Waals surface area contributed by atoms with Crippen molar-refractivity contribution >= 4 is 50.7 Å². The van der Waals surface area contributed by atoms with Crippen molar-refractivity contribution in [2.75, 3.05) is 20.3 Å². The average Bonchev–Trinajstić information content (AvgIpc) is 3.06. The largest absolute Gasteiger partial charge is 0.485 e. The third kappa shape index (κ3) is 3.63. The van der Waals surface area contributed by atoms with Gasteiger partial charge in [0.15, 0.2) is 16.3 Å². The molecule has 146 valence electrons. The summed E-state index contributed by atoms with van der Waals surface area (Å²) in [7, 11) is 1.61. The Bertz CT molecular complexity index is 1110. The summed E-state index contributed by atoms with van der Waals surface area (Å²) < 4.78 is 19.3. The van der Waals surface area contributed by atoms with E-state index in [0.717, 1.165) is 10.2 Å². The number of carbonyl (C=O) groups is 1.